The molecular weight excluding hydrogens is 741 g/mol. The third-order valence-corrected chi connectivity index (χ3v) is 13.8. The molecule has 3 N–H and O–H groups in total. The van der Waals surface area contributed by atoms with Crippen molar-refractivity contribution in [2.75, 3.05) is 77.9 Å². The molecule has 0 aromatic heterocycles. The number of nitrogens with zero attached hydrogens (tertiary/aromatic N) is 6. The summed E-state index contributed by atoms with van der Waals surface area (Å²) < 4.78 is 0. The second-order valence-corrected chi connectivity index (χ2v) is 18.0. The number of rotatable bonds is 20. The smallest absolute Gasteiger partial charge is 0.150 e. The third kappa shape index (κ3) is 11.6. The van der Waals surface area contributed by atoms with E-state index < -0.39 is 0 Å². The molecule has 0 amide bonds. The van der Waals surface area contributed by atoms with Crippen LogP contribution in [0.4, 0.5) is 5.69 Å². The highest BCUT2D eigenvalue weighted by Gasteiger charge is 2.30. The molecule has 4 heterocycles. The number of nitrogens with two attached hydrogens (primary N) is 1. The third-order valence-electron chi connectivity index (χ3n) is 13.8. The van der Waals surface area contributed by atoms with E-state index in [-0.39, 0.29) is 12.1 Å². The highest BCUT2D eigenvalue weighted by Crippen LogP contribution is 2.29. The predicted molar refractivity (Wildman–Crippen MR) is 251 cm³/mol. The van der Waals surface area contributed by atoms with Gasteiger partial charge in [0.1, 0.15) is 12.1 Å². The first-order valence-electron chi connectivity index (χ1n) is 22.8. The van der Waals surface area contributed by atoms with Gasteiger partial charge in [0.15, 0.2) is 0 Å². The number of hydrogen-bond acceptors (Lipinski definition) is 8. The molecule has 4 aliphatic heterocycles. The van der Waals surface area contributed by atoms with Gasteiger partial charge in [-0.15, -0.1) is 6.58 Å². The lowest BCUT2D eigenvalue weighted by atomic mass is 9.94. The normalized spacial score (nSPS) is 21.3. The van der Waals surface area contributed by atoms with Gasteiger partial charge in [-0.05, 0) is 125 Å². The van der Waals surface area contributed by atoms with E-state index in [9.17, 15) is 4.79 Å². The number of likely N-dealkylation sites (N-methyl/N-ethyl adjacent to an activating group) is 1. The zero-order valence-corrected chi connectivity index (χ0v) is 36.5. The maximum atomic E-state index is 12.0. The van der Waals surface area contributed by atoms with Crippen molar-refractivity contribution >= 4 is 23.5 Å². The van der Waals surface area contributed by atoms with Crippen molar-refractivity contribution in [3.05, 3.63) is 125 Å². The van der Waals surface area contributed by atoms with Crippen molar-refractivity contribution < 1.29 is 4.79 Å². The van der Waals surface area contributed by atoms with E-state index in [1.165, 1.54) is 62.3 Å². The van der Waals surface area contributed by atoms with Crippen LogP contribution in [-0.2, 0) is 12.8 Å². The second-order valence-electron chi connectivity index (χ2n) is 18.0. The van der Waals surface area contributed by atoms with Crippen LogP contribution < -0.4 is 16.0 Å². The Morgan fingerprint density at radius 3 is 2.45 bits per heavy atom. The SMILES string of the molecule is C=CC(CCC(=C)NC)N(C)CCc1cc(N2CCC(CN3CCC(CN4CCC(N=C(N)C5=CN=C5c5ccc(CC6=CC=CCC6)cc5)CC4)C3)CC2)ccc1C=O. The van der Waals surface area contributed by atoms with Crippen LogP contribution in [0.3, 0.4) is 0 Å². The highest BCUT2D eigenvalue weighted by molar-refractivity contribution is 6.32. The maximum Gasteiger partial charge on any atom is 0.150 e. The second kappa shape index (κ2) is 21.3. The number of nitrogens with one attached hydrogen (secondary N) is 1. The van der Waals surface area contributed by atoms with Gasteiger partial charge in [0.2, 0.25) is 0 Å². The molecule has 2 atom stereocenters. The largest absolute Gasteiger partial charge is 0.392 e. The lowest BCUT2D eigenvalue weighted by Gasteiger charge is -2.36. The molecule has 3 saturated heterocycles. The number of anilines is 1. The summed E-state index contributed by atoms with van der Waals surface area (Å²) in [7, 11) is 4.07. The van der Waals surface area contributed by atoms with Crippen molar-refractivity contribution in [3.63, 3.8) is 0 Å². The van der Waals surface area contributed by atoms with Crippen LogP contribution in [0, 0.1) is 11.8 Å². The molecule has 2 aromatic carbocycles. The molecule has 320 valence electrons. The fourth-order valence-corrected chi connectivity index (χ4v) is 9.83. The Hall–Kier alpha value is -4.57. The van der Waals surface area contributed by atoms with E-state index in [2.05, 4.69) is 105 Å². The first kappa shape index (κ1) is 43.5. The molecule has 0 saturated carbocycles. The standard InChI is InChI=1S/C51H70N8O/c1-5-47(17-11-38(2)53-3)56(4)25-22-44-32-48(18-16-45(44)37-60)59-29-20-41(21-30-59)34-58-26-19-42(36-58)35-57-27-23-46(24-28-57)55-51(52)49-33-54-50(49)43-14-12-40(13-15-43)31-39-9-7-6-8-10-39/h5-7,9,12-16,18,32-33,37,41-42,46-47,53H,1-2,8,10-11,17,19-31,34-36H2,3-4H3,(H2,52,55). The molecule has 2 aromatic rings. The first-order valence-corrected chi connectivity index (χ1v) is 22.8. The van der Waals surface area contributed by atoms with Gasteiger partial charge >= 0.3 is 0 Å². The molecule has 2 unspecified atom stereocenters. The number of carbonyl (C=O) groups is 1. The Balaban J connectivity index is 0.799. The average Bonchev–Trinajstić information content (AvgIpc) is 3.70. The van der Waals surface area contributed by atoms with Crippen LogP contribution in [0.2, 0.25) is 0 Å². The number of aldehydes is 1. The van der Waals surface area contributed by atoms with Gasteiger partial charge in [0, 0.05) is 94.2 Å². The minimum Gasteiger partial charge on any atom is -0.392 e. The molecule has 0 spiro atoms. The Bertz CT molecular complexity index is 1940. The first-order chi connectivity index (χ1) is 29.3. The fraction of sp³-hybridized carbons (Fsp3) is 0.510. The summed E-state index contributed by atoms with van der Waals surface area (Å²) in [5, 5.41) is 3.14. The number of aliphatic imine (C=N–C) groups is 2. The molecule has 3 fully saturated rings. The number of piperidine rings is 2. The number of carbonyl (C=O) groups excluding carboxylic acids is 1. The fourth-order valence-electron chi connectivity index (χ4n) is 9.83. The number of amidine groups is 1. The minimum atomic E-state index is 0.272. The van der Waals surface area contributed by atoms with Gasteiger partial charge in [-0.3, -0.25) is 19.7 Å². The Labute approximate surface area is 360 Å². The quantitative estimate of drug-likeness (QED) is 0.0616. The maximum absolute atomic E-state index is 12.0. The van der Waals surface area contributed by atoms with Crippen LogP contribution in [0.15, 0.2) is 113 Å². The minimum absolute atomic E-state index is 0.272. The van der Waals surface area contributed by atoms with Gasteiger partial charge in [0.25, 0.3) is 0 Å². The molecule has 7 rings (SSSR count). The summed E-state index contributed by atoms with van der Waals surface area (Å²) in [4.78, 5) is 31.9. The number of likely N-dealkylation sites (tertiary alicyclic amines) is 2. The summed E-state index contributed by atoms with van der Waals surface area (Å²) in [5.74, 6) is 2.13. The number of hydrogen-bond donors (Lipinski definition) is 2. The van der Waals surface area contributed by atoms with Gasteiger partial charge in [-0.1, -0.05) is 60.7 Å². The summed E-state index contributed by atoms with van der Waals surface area (Å²) in [6, 6.07) is 15.8. The molecule has 60 heavy (non-hydrogen) atoms. The van der Waals surface area contributed by atoms with E-state index in [1.54, 1.807) is 0 Å². The summed E-state index contributed by atoms with van der Waals surface area (Å²) in [6.07, 6.45) is 23.5. The number of allylic oxidation sites excluding steroid dienone is 5. The van der Waals surface area contributed by atoms with Gasteiger partial charge < -0.3 is 25.8 Å². The van der Waals surface area contributed by atoms with Crippen molar-refractivity contribution in [2.45, 2.75) is 82.7 Å². The van der Waals surface area contributed by atoms with E-state index in [0.717, 1.165) is 136 Å². The van der Waals surface area contributed by atoms with Crippen molar-refractivity contribution in [1.82, 2.24) is 20.0 Å². The van der Waals surface area contributed by atoms with Gasteiger partial charge in [-0.2, -0.15) is 0 Å². The lowest BCUT2D eigenvalue weighted by Crippen LogP contribution is -2.40. The average molecular weight is 811 g/mol. The van der Waals surface area contributed by atoms with E-state index >= 15 is 0 Å². The van der Waals surface area contributed by atoms with Crippen LogP contribution in [0.25, 0.3) is 0 Å². The van der Waals surface area contributed by atoms with Crippen molar-refractivity contribution in [2.24, 2.45) is 27.6 Å². The van der Waals surface area contributed by atoms with Crippen LogP contribution >= 0.6 is 0 Å². The zero-order chi connectivity index (χ0) is 41.8. The monoisotopic (exact) mass is 811 g/mol. The molecule has 9 heteroatoms. The molecule has 9 nitrogen and oxygen atoms in total. The topological polar surface area (TPSA) is 92.8 Å². The van der Waals surface area contributed by atoms with Crippen molar-refractivity contribution in [3.8, 4) is 0 Å². The summed E-state index contributed by atoms with van der Waals surface area (Å²) in [6.45, 7) is 18.2. The van der Waals surface area contributed by atoms with E-state index in [0.29, 0.717) is 5.84 Å². The summed E-state index contributed by atoms with van der Waals surface area (Å²) in [5.41, 5.74) is 16.7. The number of benzene rings is 2. The predicted octanol–water partition coefficient (Wildman–Crippen LogP) is 7.61. The molecule has 5 aliphatic rings. The van der Waals surface area contributed by atoms with Crippen molar-refractivity contribution in [1.29, 1.82) is 0 Å². The van der Waals surface area contributed by atoms with Crippen LogP contribution in [-0.4, -0.2) is 118 Å². The Morgan fingerprint density at radius 1 is 1.02 bits per heavy atom. The zero-order valence-electron chi connectivity index (χ0n) is 36.5. The van der Waals surface area contributed by atoms with Gasteiger partial charge in [-0.25, -0.2) is 0 Å². The van der Waals surface area contributed by atoms with Crippen LogP contribution in [0.5, 0.6) is 0 Å². The lowest BCUT2D eigenvalue weighted by molar-refractivity contribution is 0.112. The van der Waals surface area contributed by atoms with E-state index in [4.69, 9.17) is 10.7 Å². The van der Waals surface area contributed by atoms with Gasteiger partial charge in [0.05, 0.1) is 17.3 Å². The molecule has 0 bridgehead atoms. The Kier molecular flexibility index (Phi) is 15.4. The molecule has 0 radical (unpaired) electrons. The Morgan fingerprint density at radius 2 is 1.77 bits per heavy atom. The van der Waals surface area contributed by atoms with Crippen LogP contribution in [0.1, 0.15) is 84.8 Å². The molecular formula is C51H70N8O. The van der Waals surface area contributed by atoms with E-state index in [1.807, 2.05) is 25.4 Å². The highest BCUT2D eigenvalue weighted by atomic mass is 16.1. The summed E-state index contributed by atoms with van der Waals surface area (Å²) >= 11 is 0. The molecule has 1 aliphatic carbocycles.